The summed E-state index contributed by atoms with van der Waals surface area (Å²) in [6.07, 6.45) is 1.73. The topological polar surface area (TPSA) is 104 Å². The minimum atomic E-state index is -1.98. The molecule has 0 aliphatic heterocycles. The summed E-state index contributed by atoms with van der Waals surface area (Å²) in [5.74, 6) is -1.80. The molecule has 1 amide bonds. The predicted molar refractivity (Wildman–Crippen MR) is 71.0 cm³/mol. The zero-order chi connectivity index (χ0) is 14.8. The Labute approximate surface area is 114 Å². The van der Waals surface area contributed by atoms with E-state index < -0.39 is 17.5 Å². The highest BCUT2D eigenvalue weighted by Gasteiger charge is 2.30. The maximum Gasteiger partial charge on any atom is 0.337 e. The van der Waals surface area contributed by atoms with Crippen molar-refractivity contribution in [2.24, 2.45) is 0 Å². The van der Waals surface area contributed by atoms with Gasteiger partial charge in [-0.3, -0.25) is 9.48 Å². The second-order valence-electron chi connectivity index (χ2n) is 4.74. The smallest absolute Gasteiger partial charge is 0.337 e. The van der Waals surface area contributed by atoms with Crippen molar-refractivity contribution >= 4 is 22.8 Å². The lowest BCUT2D eigenvalue weighted by molar-refractivity contribution is -0.156. The fraction of sp³-hybridized carbons (Fsp3) is 0.308. The van der Waals surface area contributed by atoms with Crippen LogP contribution in [0.3, 0.4) is 0 Å². The average molecular weight is 277 g/mol. The van der Waals surface area contributed by atoms with Gasteiger partial charge in [0.1, 0.15) is 6.54 Å². The zero-order valence-corrected chi connectivity index (χ0v) is 10.9. The lowest BCUT2D eigenvalue weighted by atomic mass is 10.1. The molecule has 0 radical (unpaired) electrons. The van der Waals surface area contributed by atoms with Gasteiger partial charge in [-0.05, 0) is 13.0 Å². The zero-order valence-electron chi connectivity index (χ0n) is 10.9. The Bertz CT molecular complexity index is 615. The Morgan fingerprint density at radius 3 is 2.75 bits per heavy atom. The molecule has 2 aromatic rings. The number of aliphatic hydroxyl groups is 1. The predicted octanol–water partition coefficient (Wildman–Crippen LogP) is -0.0119. The van der Waals surface area contributed by atoms with E-state index in [1.54, 1.807) is 6.20 Å². The van der Waals surface area contributed by atoms with Crippen LogP contribution in [0, 0.1) is 0 Å². The summed E-state index contributed by atoms with van der Waals surface area (Å²) in [7, 11) is 0. The van der Waals surface area contributed by atoms with Gasteiger partial charge in [0.15, 0.2) is 5.60 Å². The van der Waals surface area contributed by atoms with Gasteiger partial charge >= 0.3 is 5.97 Å². The number of carbonyl (C=O) groups is 2. The fourth-order valence-electron chi connectivity index (χ4n) is 1.65. The minimum Gasteiger partial charge on any atom is -0.479 e. The number of benzene rings is 1. The van der Waals surface area contributed by atoms with Gasteiger partial charge in [-0.1, -0.05) is 18.2 Å². The monoisotopic (exact) mass is 277 g/mol. The molecule has 1 aromatic heterocycles. The molecule has 1 atom stereocenters. The summed E-state index contributed by atoms with van der Waals surface area (Å²) >= 11 is 0. The van der Waals surface area contributed by atoms with E-state index in [-0.39, 0.29) is 13.1 Å². The van der Waals surface area contributed by atoms with Gasteiger partial charge in [0.2, 0.25) is 5.91 Å². The molecule has 0 saturated heterocycles. The molecule has 0 bridgehead atoms. The summed E-state index contributed by atoms with van der Waals surface area (Å²) in [5, 5.41) is 25.7. The number of hydrogen-bond acceptors (Lipinski definition) is 4. The molecule has 1 aromatic carbocycles. The molecule has 0 fully saturated rings. The van der Waals surface area contributed by atoms with Crippen LogP contribution < -0.4 is 5.32 Å². The van der Waals surface area contributed by atoms with E-state index in [0.717, 1.165) is 17.8 Å². The van der Waals surface area contributed by atoms with Gasteiger partial charge in [-0.15, -0.1) is 0 Å². The first-order valence-corrected chi connectivity index (χ1v) is 6.03. The van der Waals surface area contributed by atoms with E-state index >= 15 is 0 Å². The van der Waals surface area contributed by atoms with Crippen LogP contribution in [-0.4, -0.2) is 44.0 Å². The quantitative estimate of drug-likeness (QED) is 0.713. The third-order valence-electron chi connectivity index (χ3n) is 2.86. The Morgan fingerprint density at radius 1 is 1.40 bits per heavy atom. The molecule has 1 unspecified atom stereocenters. The van der Waals surface area contributed by atoms with E-state index in [1.165, 1.54) is 4.68 Å². The van der Waals surface area contributed by atoms with Crippen LogP contribution in [-0.2, 0) is 16.1 Å². The van der Waals surface area contributed by atoms with Crippen molar-refractivity contribution in [3.63, 3.8) is 0 Å². The molecule has 0 aliphatic rings. The van der Waals surface area contributed by atoms with Crippen molar-refractivity contribution in [2.45, 2.75) is 19.1 Å². The van der Waals surface area contributed by atoms with Crippen LogP contribution in [0.1, 0.15) is 6.92 Å². The van der Waals surface area contributed by atoms with Gasteiger partial charge in [0, 0.05) is 11.6 Å². The van der Waals surface area contributed by atoms with Crippen molar-refractivity contribution in [3.8, 4) is 0 Å². The largest absolute Gasteiger partial charge is 0.479 e. The number of nitrogens with one attached hydrogen (secondary N) is 1. The van der Waals surface area contributed by atoms with Gasteiger partial charge in [-0.25, -0.2) is 4.79 Å². The number of hydrogen-bond donors (Lipinski definition) is 3. The van der Waals surface area contributed by atoms with Crippen LogP contribution in [0.4, 0.5) is 0 Å². The Morgan fingerprint density at radius 2 is 2.10 bits per heavy atom. The van der Waals surface area contributed by atoms with Gasteiger partial charge < -0.3 is 15.5 Å². The average Bonchev–Trinajstić information content (AvgIpc) is 2.78. The highest BCUT2D eigenvalue weighted by atomic mass is 16.4. The first-order valence-electron chi connectivity index (χ1n) is 6.03. The van der Waals surface area contributed by atoms with E-state index in [1.807, 2.05) is 24.3 Å². The number of carboxylic acids is 1. The third-order valence-corrected chi connectivity index (χ3v) is 2.86. The number of nitrogens with zero attached hydrogens (tertiary/aromatic N) is 2. The van der Waals surface area contributed by atoms with E-state index in [9.17, 15) is 14.7 Å². The van der Waals surface area contributed by atoms with E-state index in [4.69, 9.17) is 5.11 Å². The lowest BCUT2D eigenvalue weighted by Gasteiger charge is -2.18. The van der Waals surface area contributed by atoms with Crippen molar-refractivity contribution < 1.29 is 19.8 Å². The highest BCUT2D eigenvalue weighted by Crippen LogP contribution is 2.10. The summed E-state index contributed by atoms with van der Waals surface area (Å²) in [4.78, 5) is 22.4. The van der Waals surface area contributed by atoms with Gasteiger partial charge in [0.25, 0.3) is 0 Å². The first-order chi connectivity index (χ1) is 9.38. The van der Waals surface area contributed by atoms with E-state index in [0.29, 0.717) is 0 Å². The Hall–Kier alpha value is -2.41. The first kappa shape index (κ1) is 14.0. The maximum absolute atomic E-state index is 11.7. The molecule has 1 heterocycles. The molecule has 0 spiro atoms. The van der Waals surface area contributed by atoms with Crippen LogP contribution in [0.15, 0.2) is 30.5 Å². The van der Waals surface area contributed by atoms with Gasteiger partial charge in [-0.2, -0.15) is 5.10 Å². The summed E-state index contributed by atoms with van der Waals surface area (Å²) in [5.41, 5.74) is -1.21. The second kappa shape index (κ2) is 5.30. The molecule has 2 rings (SSSR count). The molecular formula is C13H15N3O4. The number of aliphatic carboxylic acids is 1. The molecule has 20 heavy (non-hydrogen) atoms. The molecule has 106 valence electrons. The number of carbonyl (C=O) groups excluding carboxylic acids is 1. The molecular weight excluding hydrogens is 262 g/mol. The molecule has 7 heteroatoms. The number of aromatic nitrogens is 2. The van der Waals surface area contributed by atoms with Gasteiger partial charge in [0.05, 0.1) is 12.1 Å². The number of fused-ring (bicyclic) bond motifs is 1. The van der Waals surface area contributed by atoms with Crippen molar-refractivity contribution in [1.82, 2.24) is 15.1 Å². The van der Waals surface area contributed by atoms with Crippen LogP contribution in [0.25, 0.3) is 10.9 Å². The standard InChI is InChI=1S/C13H15N3O4/c1-13(20,12(18)19)8-14-11(17)7-16-6-9-4-2-3-5-10(9)15-16/h2-6,20H,7-8H2,1H3,(H,14,17)(H,18,19). The number of carboxylic acid groups (broad SMARTS) is 1. The second-order valence-corrected chi connectivity index (χ2v) is 4.74. The molecule has 7 nitrogen and oxygen atoms in total. The van der Waals surface area contributed by atoms with Crippen molar-refractivity contribution in [3.05, 3.63) is 30.5 Å². The maximum atomic E-state index is 11.7. The molecule has 3 N–H and O–H groups in total. The Kier molecular flexibility index (Phi) is 3.71. The number of rotatable bonds is 5. The van der Waals surface area contributed by atoms with Crippen molar-refractivity contribution in [2.75, 3.05) is 6.54 Å². The normalized spacial score (nSPS) is 13.9. The Balaban J connectivity index is 1.96. The van der Waals surface area contributed by atoms with Crippen LogP contribution >= 0.6 is 0 Å². The van der Waals surface area contributed by atoms with E-state index in [2.05, 4.69) is 10.4 Å². The van der Waals surface area contributed by atoms with Crippen LogP contribution in [0.2, 0.25) is 0 Å². The highest BCUT2D eigenvalue weighted by molar-refractivity contribution is 5.81. The fourth-order valence-corrected chi connectivity index (χ4v) is 1.65. The van der Waals surface area contributed by atoms with Crippen molar-refractivity contribution in [1.29, 1.82) is 0 Å². The summed E-state index contributed by atoms with van der Waals surface area (Å²) in [6.45, 7) is 0.726. The molecule has 0 saturated carbocycles. The third kappa shape index (κ3) is 3.12. The number of amides is 1. The minimum absolute atomic E-state index is 0.0373. The summed E-state index contributed by atoms with van der Waals surface area (Å²) < 4.78 is 1.47. The molecule has 0 aliphatic carbocycles. The summed E-state index contributed by atoms with van der Waals surface area (Å²) in [6, 6.07) is 7.44. The lowest BCUT2D eigenvalue weighted by Crippen LogP contribution is -2.47. The van der Waals surface area contributed by atoms with Crippen LogP contribution in [0.5, 0.6) is 0 Å². The SMILES string of the molecule is CC(O)(CNC(=O)Cn1cc2ccccc2n1)C(=O)O.